The molecule has 0 bridgehead atoms. The van der Waals surface area contributed by atoms with Crippen LogP contribution < -0.4 is 4.90 Å². The second-order valence-electron chi connectivity index (χ2n) is 8.41. The first-order valence-corrected chi connectivity index (χ1v) is 13.4. The number of unbranched alkanes of at least 4 members (excludes halogenated alkanes) is 2. The molecule has 0 N–H and O–H groups in total. The molecule has 0 aliphatic heterocycles. The number of imide groups is 1. The maximum atomic E-state index is 15.1. The predicted molar refractivity (Wildman–Crippen MR) is 138 cm³/mol. The average Bonchev–Trinajstić information content (AvgIpc) is 2.88. The van der Waals surface area contributed by atoms with E-state index in [1.807, 2.05) is 6.92 Å². The van der Waals surface area contributed by atoms with Crippen molar-refractivity contribution in [3.05, 3.63) is 34.1 Å². The number of amides is 2. The van der Waals surface area contributed by atoms with Gasteiger partial charge in [-0.2, -0.15) is 0 Å². The molecule has 1 aromatic carbocycles. The number of nitrogens with zero attached hydrogens (tertiary/aromatic N) is 1. The number of thioether (sulfide) groups is 1. The van der Waals surface area contributed by atoms with Gasteiger partial charge in [-0.25, -0.2) is 14.1 Å². The minimum atomic E-state index is -0.870. The van der Waals surface area contributed by atoms with Gasteiger partial charge in [-0.05, 0) is 51.2 Å². The number of rotatable bonds is 11. The topological polar surface area (TPSA) is 90.0 Å². The summed E-state index contributed by atoms with van der Waals surface area (Å²) in [5.41, 5.74) is 0.111. The lowest BCUT2D eigenvalue weighted by Crippen LogP contribution is -2.39. The summed E-state index contributed by atoms with van der Waals surface area (Å²) >= 11 is 7.22. The van der Waals surface area contributed by atoms with Crippen LogP contribution in [0.3, 0.4) is 0 Å². The summed E-state index contributed by atoms with van der Waals surface area (Å²) in [4.78, 5) is 52.3. The highest BCUT2D eigenvalue weighted by atomic mass is 35.5. The van der Waals surface area contributed by atoms with Crippen molar-refractivity contribution in [3.8, 4) is 0 Å². The van der Waals surface area contributed by atoms with Crippen molar-refractivity contribution in [2.45, 2.75) is 82.3 Å². The molecule has 1 atom stereocenters. The highest BCUT2D eigenvalue weighted by molar-refractivity contribution is 8.00. The van der Waals surface area contributed by atoms with E-state index in [1.54, 1.807) is 13.8 Å². The first-order chi connectivity index (χ1) is 17.2. The van der Waals surface area contributed by atoms with Crippen molar-refractivity contribution in [1.29, 1.82) is 0 Å². The van der Waals surface area contributed by atoms with Crippen LogP contribution in [0, 0.1) is 5.82 Å². The van der Waals surface area contributed by atoms with Gasteiger partial charge >= 0.3 is 11.9 Å². The number of esters is 2. The minimum absolute atomic E-state index is 0.0292. The second-order valence-corrected chi connectivity index (χ2v) is 10.2. The molecule has 198 valence electrons. The molecule has 7 nitrogen and oxygen atoms in total. The van der Waals surface area contributed by atoms with Crippen molar-refractivity contribution in [3.63, 3.8) is 0 Å². The molecule has 1 unspecified atom stereocenters. The van der Waals surface area contributed by atoms with Gasteiger partial charge in [0.1, 0.15) is 11.1 Å². The van der Waals surface area contributed by atoms with Crippen LogP contribution in [0.2, 0.25) is 5.02 Å². The third kappa shape index (κ3) is 7.56. The Hall–Kier alpha value is -2.39. The van der Waals surface area contributed by atoms with Gasteiger partial charge in [-0.15, -0.1) is 11.8 Å². The van der Waals surface area contributed by atoms with E-state index in [0.717, 1.165) is 42.0 Å². The molecule has 0 saturated heterocycles. The lowest BCUT2D eigenvalue weighted by atomic mass is 9.90. The SMILES string of the molecule is CCCCCOC(=O)C1=C(C(=O)N(C(=O)CC)c2cc(SC(C)C(=O)OC)c(Cl)cc2F)CCCC1. The lowest BCUT2D eigenvalue weighted by molar-refractivity contribution is -0.140. The van der Waals surface area contributed by atoms with E-state index in [9.17, 15) is 19.2 Å². The number of carbonyl (C=O) groups is 4. The molecular weight excluding hydrogens is 509 g/mol. The van der Waals surface area contributed by atoms with E-state index in [1.165, 1.54) is 13.2 Å². The smallest absolute Gasteiger partial charge is 0.334 e. The Morgan fingerprint density at radius 2 is 1.78 bits per heavy atom. The number of hydrogen-bond donors (Lipinski definition) is 0. The summed E-state index contributed by atoms with van der Waals surface area (Å²) < 4.78 is 25.2. The van der Waals surface area contributed by atoms with Crippen LogP contribution in [0.15, 0.2) is 28.2 Å². The molecular formula is C26H33ClFNO6S. The monoisotopic (exact) mass is 541 g/mol. The van der Waals surface area contributed by atoms with Crippen LogP contribution in [0.25, 0.3) is 0 Å². The summed E-state index contributed by atoms with van der Waals surface area (Å²) in [6.45, 7) is 5.45. The van der Waals surface area contributed by atoms with E-state index >= 15 is 4.39 Å². The minimum Gasteiger partial charge on any atom is -0.468 e. The first-order valence-electron chi connectivity index (χ1n) is 12.2. The number of anilines is 1. The molecule has 1 aromatic rings. The summed E-state index contributed by atoms with van der Waals surface area (Å²) in [6.07, 6.45) is 4.54. The predicted octanol–water partition coefficient (Wildman–Crippen LogP) is 6.01. The Morgan fingerprint density at radius 3 is 2.39 bits per heavy atom. The molecule has 0 saturated carbocycles. The Bertz CT molecular complexity index is 1030. The van der Waals surface area contributed by atoms with Gasteiger partial charge in [-0.1, -0.05) is 38.3 Å². The van der Waals surface area contributed by atoms with Crippen LogP contribution in [0.4, 0.5) is 10.1 Å². The third-order valence-electron chi connectivity index (χ3n) is 5.79. The Morgan fingerprint density at radius 1 is 1.11 bits per heavy atom. The van der Waals surface area contributed by atoms with Crippen LogP contribution in [0.5, 0.6) is 0 Å². The highest BCUT2D eigenvalue weighted by Crippen LogP contribution is 2.37. The Kier molecular flexibility index (Phi) is 11.9. The fourth-order valence-electron chi connectivity index (χ4n) is 3.81. The molecule has 0 heterocycles. The quantitative estimate of drug-likeness (QED) is 0.192. The first kappa shape index (κ1) is 29.8. The summed E-state index contributed by atoms with van der Waals surface area (Å²) in [7, 11) is 1.25. The van der Waals surface area contributed by atoms with E-state index < -0.39 is 34.8 Å². The van der Waals surface area contributed by atoms with Crippen molar-refractivity contribution in [1.82, 2.24) is 0 Å². The van der Waals surface area contributed by atoms with Crippen molar-refractivity contribution in [2.24, 2.45) is 0 Å². The van der Waals surface area contributed by atoms with Gasteiger partial charge in [0.15, 0.2) is 0 Å². The van der Waals surface area contributed by atoms with Crippen molar-refractivity contribution in [2.75, 3.05) is 18.6 Å². The van der Waals surface area contributed by atoms with E-state index in [0.29, 0.717) is 24.2 Å². The van der Waals surface area contributed by atoms with E-state index in [4.69, 9.17) is 21.1 Å². The summed E-state index contributed by atoms with van der Waals surface area (Å²) in [5.74, 6) is -3.33. The van der Waals surface area contributed by atoms with Crippen LogP contribution >= 0.6 is 23.4 Å². The number of hydrogen-bond acceptors (Lipinski definition) is 7. The van der Waals surface area contributed by atoms with Gasteiger partial charge in [-0.3, -0.25) is 14.4 Å². The number of benzene rings is 1. The zero-order valence-corrected chi connectivity index (χ0v) is 22.7. The Labute approximate surface area is 220 Å². The molecule has 2 rings (SSSR count). The van der Waals surface area contributed by atoms with Crippen molar-refractivity contribution < 1.29 is 33.0 Å². The fraction of sp³-hybridized carbons (Fsp3) is 0.538. The molecule has 10 heteroatoms. The number of carbonyl (C=O) groups excluding carboxylic acids is 4. The van der Waals surface area contributed by atoms with Crippen LogP contribution in [-0.2, 0) is 28.7 Å². The van der Waals surface area contributed by atoms with Crippen LogP contribution in [-0.4, -0.2) is 42.7 Å². The molecule has 0 aromatic heterocycles. The Balaban J connectivity index is 2.48. The fourth-order valence-corrected chi connectivity index (χ4v) is 5.01. The van der Waals surface area contributed by atoms with Gasteiger partial charge in [0.05, 0.1) is 24.4 Å². The van der Waals surface area contributed by atoms with Gasteiger partial charge < -0.3 is 9.47 Å². The second kappa shape index (κ2) is 14.4. The number of methoxy groups -OCH3 is 1. The zero-order valence-electron chi connectivity index (χ0n) is 21.2. The largest absolute Gasteiger partial charge is 0.468 e. The molecule has 2 amide bonds. The maximum absolute atomic E-state index is 15.1. The van der Waals surface area contributed by atoms with E-state index in [-0.39, 0.29) is 41.3 Å². The van der Waals surface area contributed by atoms with Crippen LogP contribution in [0.1, 0.15) is 72.1 Å². The normalized spacial score (nSPS) is 14.3. The van der Waals surface area contributed by atoms with Gasteiger partial charge in [0.2, 0.25) is 5.91 Å². The average molecular weight is 542 g/mol. The molecule has 0 spiro atoms. The molecule has 0 fully saturated rings. The maximum Gasteiger partial charge on any atom is 0.334 e. The third-order valence-corrected chi connectivity index (χ3v) is 7.35. The number of halogens is 2. The molecule has 1 aliphatic carbocycles. The zero-order chi connectivity index (χ0) is 26.8. The standard InChI is InChI=1S/C26H33ClFNO6S/c1-5-7-10-13-35-26(33)18-12-9-8-11-17(18)24(31)29(23(30)6-2)21-15-22(19(27)14-20(21)28)36-16(3)25(32)34-4/h14-16H,5-13H2,1-4H3. The van der Waals surface area contributed by atoms with Gasteiger partial charge in [0, 0.05) is 22.5 Å². The lowest BCUT2D eigenvalue weighted by Gasteiger charge is -2.26. The van der Waals surface area contributed by atoms with E-state index in [2.05, 4.69) is 0 Å². The summed E-state index contributed by atoms with van der Waals surface area (Å²) in [6, 6.07) is 2.28. The van der Waals surface area contributed by atoms with Gasteiger partial charge in [0.25, 0.3) is 5.91 Å². The molecule has 0 radical (unpaired) electrons. The number of ether oxygens (including phenoxy) is 2. The summed E-state index contributed by atoms with van der Waals surface area (Å²) in [5, 5.41) is -0.631. The highest BCUT2D eigenvalue weighted by Gasteiger charge is 2.33. The molecule has 36 heavy (non-hydrogen) atoms. The molecule has 1 aliphatic rings. The van der Waals surface area contributed by atoms with Crippen molar-refractivity contribution >= 4 is 52.8 Å².